The number of hydrogen-bond acceptors (Lipinski definition) is 5. The molecule has 0 aliphatic heterocycles. The van der Waals surface area contributed by atoms with Crippen molar-refractivity contribution in [1.29, 1.82) is 0 Å². The van der Waals surface area contributed by atoms with Gasteiger partial charge in [-0.25, -0.2) is 0 Å². The van der Waals surface area contributed by atoms with E-state index in [1.807, 2.05) is 0 Å². The third kappa shape index (κ3) is 19.7. The maximum Gasteiger partial charge on any atom is 0.315 e. The second kappa shape index (κ2) is 22.0. The quantitative estimate of drug-likeness (QED) is 0.136. The molecule has 0 aliphatic carbocycles. The number of unbranched alkanes of at least 4 members (excludes halogenated alkanes) is 14. The summed E-state index contributed by atoms with van der Waals surface area (Å²) in [5.41, 5.74) is 0. The minimum atomic E-state index is -0.114. The first-order valence-electron chi connectivity index (χ1n) is 12.5. The van der Waals surface area contributed by atoms with Crippen LogP contribution in [0.15, 0.2) is 0 Å². The van der Waals surface area contributed by atoms with Gasteiger partial charge in [0.15, 0.2) is 0 Å². The van der Waals surface area contributed by atoms with Crippen LogP contribution in [0.4, 0.5) is 0 Å². The van der Waals surface area contributed by atoms with Crippen LogP contribution >= 0.6 is 11.8 Å². The van der Waals surface area contributed by atoms with E-state index in [0.717, 1.165) is 25.7 Å². The molecule has 0 saturated carbocycles. The van der Waals surface area contributed by atoms with Crippen molar-refractivity contribution >= 4 is 17.7 Å². The van der Waals surface area contributed by atoms with Crippen LogP contribution in [0.25, 0.3) is 0 Å². The molecule has 0 unspecified atom stereocenters. The van der Waals surface area contributed by atoms with Gasteiger partial charge < -0.3 is 14.9 Å². The molecule has 0 aliphatic rings. The first-order chi connectivity index (χ1) is 14.6. The number of aliphatic hydroxyl groups excluding tert-OH is 2. The van der Waals surface area contributed by atoms with Crippen LogP contribution in [0.1, 0.15) is 122 Å². The van der Waals surface area contributed by atoms with Gasteiger partial charge in [0, 0.05) is 18.0 Å². The largest absolute Gasteiger partial charge is 0.468 e. The van der Waals surface area contributed by atoms with Gasteiger partial charge in [-0.05, 0) is 25.7 Å². The molecular weight excluding hydrogens is 396 g/mol. The van der Waals surface area contributed by atoms with Crippen molar-refractivity contribution in [3.8, 4) is 0 Å². The van der Waals surface area contributed by atoms with E-state index in [0.29, 0.717) is 19.0 Å². The van der Waals surface area contributed by atoms with Crippen molar-refractivity contribution in [3.63, 3.8) is 0 Å². The standard InChI is InChI=1S/C25H50O4S/c1-25(30-23-24(28)29-2,19-15-11-7-3-5-9-13-17-21-26)20-16-12-8-4-6-10-14-18-22-27/h26-27H,3-23H2,1-2H3. The Labute approximate surface area is 190 Å². The van der Waals surface area contributed by atoms with E-state index in [4.69, 9.17) is 14.9 Å². The highest BCUT2D eigenvalue weighted by atomic mass is 32.2. The van der Waals surface area contributed by atoms with Gasteiger partial charge in [-0.3, -0.25) is 4.79 Å². The molecular formula is C25H50O4S. The van der Waals surface area contributed by atoms with E-state index in [2.05, 4.69) is 6.92 Å². The fourth-order valence-corrected chi connectivity index (χ4v) is 5.07. The molecule has 0 saturated heterocycles. The van der Waals surface area contributed by atoms with E-state index in [-0.39, 0.29) is 10.7 Å². The van der Waals surface area contributed by atoms with Crippen LogP contribution in [0.5, 0.6) is 0 Å². The number of rotatable bonds is 23. The highest BCUT2D eigenvalue weighted by Gasteiger charge is 2.25. The third-order valence-corrected chi connectivity index (χ3v) is 7.48. The van der Waals surface area contributed by atoms with Crippen molar-refractivity contribution in [2.45, 2.75) is 127 Å². The Morgan fingerprint density at radius 2 is 1.00 bits per heavy atom. The Morgan fingerprint density at radius 1 is 0.667 bits per heavy atom. The van der Waals surface area contributed by atoms with Crippen LogP contribution in [0.2, 0.25) is 0 Å². The third-order valence-electron chi connectivity index (χ3n) is 5.99. The smallest absolute Gasteiger partial charge is 0.315 e. The minimum Gasteiger partial charge on any atom is -0.468 e. The summed E-state index contributed by atoms with van der Waals surface area (Å²) >= 11 is 1.79. The summed E-state index contributed by atoms with van der Waals surface area (Å²) in [5, 5.41) is 17.6. The number of ether oxygens (including phenoxy) is 1. The van der Waals surface area contributed by atoms with Crippen molar-refractivity contribution in [2.24, 2.45) is 0 Å². The van der Waals surface area contributed by atoms with E-state index in [9.17, 15) is 4.79 Å². The summed E-state index contributed by atoms with van der Waals surface area (Å²) in [6.45, 7) is 2.99. The molecule has 0 heterocycles. The van der Waals surface area contributed by atoms with Crippen LogP contribution in [-0.2, 0) is 9.53 Å². The predicted octanol–water partition coefficient (Wildman–Crippen LogP) is 6.66. The first-order valence-corrected chi connectivity index (χ1v) is 13.5. The van der Waals surface area contributed by atoms with Gasteiger partial charge in [-0.2, -0.15) is 0 Å². The van der Waals surface area contributed by atoms with Gasteiger partial charge in [-0.15, -0.1) is 11.8 Å². The fraction of sp³-hybridized carbons (Fsp3) is 0.960. The Bertz CT molecular complexity index is 354. The number of esters is 1. The van der Waals surface area contributed by atoms with Gasteiger partial charge in [0.05, 0.1) is 12.9 Å². The summed E-state index contributed by atoms with van der Waals surface area (Å²) < 4.78 is 5.03. The monoisotopic (exact) mass is 446 g/mol. The summed E-state index contributed by atoms with van der Waals surface area (Å²) in [7, 11) is 1.47. The maximum atomic E-state index is 11.6. The Balaban J connectivity index is 3.99. The Morgan fingerprint density at radius 3 is 1.33 bits per heavy atom. The lowest BCUT2D eigenvalue weighted by Gasteiger charge is -2.29. The van der Waals surface area contributed by atoms with Crippen LogP contribution in [0, 0.1) is 0 Å². The topological polar surface area (TPSA) is 66.8 Å². The molecule has 0 spiro atoms. The zero-order valence-corrected chi connectivity index (χ0v) is 20.8. The highest BCUT2D eigenvalue weighted by Crippen LogP contribution is 2.36. The predicted molar refractivity (Wildman–Crippen MR) is 130 cm³/mol. The van der Waals surface area contributed by atoms with E-state index in [1.54, 1.807) is 11.8 Å². The van der Waals surface area contributed by atoms with Crippen LogP contribution < -0.4 is 0 Å². The Kier molecular flexibility index (Phi) is 21.8. The van der Waals surface area contributed by atoms with Crippen molar-refractivity contribution in [2.75, 3.05) is 26.1 Å². The molecule has 4 nitrogen and oxygen atoms in total. The number of aliphatic hydroxyl groups is 2. The van der Waals surface area contributed by atoms with E-state index < -0.39 is 0 Å². The first kappa shape index (κ1) is 29.7. The van der Waals surface area contributed by atoms with Gasteiger partial charge in [0.2, 0.25) is 0 Å². The molecule has 30 heavy (non-hydrogen) atoms. The van der Waals surface area contributed by atoms with Gasteiger partial charge >= 0.3 is 5.97 Å². The molecule has 5 heteroatoms. The number of carbonyl (C=O) groups excluding carboxylic acids is 1. The van der Waals surface area contributed by atoms with E-state index in [1.165, 1.54) is 97.0 Å². The van der Waals surface area contributed by atoms with E-state index >= 15 is 0 Å². The van der Waals surface area contributed by atoms with Crippen LogP contribution in [0.3, 0.4) is 0 Å². The zero-order valence-electron chi connectivity index (χ0n) is 20.0. The average molecular weight is 447 g/mol. The highest BCUT2D eigenvalue weighted by molar-refractivity contribution is 8.01. The molecule has 0 aromatic carbocycles. The molecule has 0 aromatic heterocycles. The molecule has 0 bridgehead atoms. The van der Waals surface area contributed by atoms with Gasteiger partial charge in [0.1, 0.15) is 0 Å². The maximum absolute atomic E-state index is 11.6. The number of methoxy groups -OCH3 is 1. The molecule has 0 amide bonds. The molecule has 180 valence electrons. The molecule has 2 N–H and O–H groups in total. The lowest BCUT2D eigenvalue weighted by molar-refractivity contribution is -0.137. The van der Waals surface area contributed by atoms with Gasteiger partial charge in [0.25, 0.3) is 0 Å². The molecule has 0 aromatic rings. The second-order valence-corrected chi connectivity index (χ2v) is 10.5. The lowest BCUT2D eigenvalue weighted by Crippen LogP contribution is -2.23. The van der Waals surface area contributed by atoms with Crippen molar-refractivity contribution in [1.82, 2.24) is 0 Å². The summed E-state index contributed by atoms with van der Waals surface area (Å²) in [5.74, 6) is 0.347. The molecule has 0 atom stereocenters. The van der Waals surface area contributed by atoms with Gasteiger partial charge in [-0.1, -0.05) is 96.8 Å². The fourth-order valence-electron chi connectivity index (χ4n) is 3.90. The average Bonchev–Trinajstić information content (AvgIpc) is 2.75. The van der Waals surface area contributed by atoms with Crippen LogP contribution in [-0.4, -0.2) is 47.0 Å². The summed E-state index contributed by atoms with van der Waals surface area (Å²) in [4.78, 5) is 11.6. The molecule has 0 radical (unpaired) electrons. The normalized spacial score (nSPS) is 11.7. The van der Waals surface area contributed by atoms with Crippen molar-refractivity contribution < 1.29 is 19.7 Å². The number of hydrogen-bond donors (Lipinski definition) is 2. The summed E-state index contributed by atoms with van der Waals surface area (Å²) in [6.07, 6.45) is 21.9. The number of thioether (sulfide) groups is 1. The van der Waals surface area contributed by atoms with Crippen molar-refractivity contribution in [3.05, 3.63) is 0 Å². The minimum absolute atomic E-state index is 0.114. The Hall–Kier alpha value is -0.260. The number of carbonyl (C=O) groups is 1. The molecule has 0 fully saturated rings. The molecule has 0 rings (SSSR count). The zero-order chi connectivity index (χ0) is 22.3. The summed E-state index contributed by atoms with van der Waals surface area (Å²) in [6, 6.07) is 0. The lowest BCUT2D eigenvalue weighted by atomic mass is 9.94. The second-order valence-electron chi connectivity index (χ2n) is 8.92. The SMILES string of the molecule is COC(=O)CSC(C)(CCCCCCCCCCO)CCCCCCCCCCO.